The summed E-state index contributed by atoms with van der Waals surface area (Å²) >= 11 is 2.30. The third-order valence-corrected chi connectivity index (χ3v) is 16.4. The molecule has 8 heterocycles. The Morgan fingerprint density at radius 3 is 1.38 bits per heavy atom. The normalized spacial score (nSPS) is 14.3. The molecule has 0 spiro atoms. The number of ether oxygens (including phenoxy) is 2. The number of fused-ring (bicyclic) bond motifs is 2. The lowest BCUT2D eigenvalue weighted by Crippen LogP contribution is -2.56. The molecule has 2 aliphatic rings. The predicted molar refractivity (Wildman–Crippen MR) is 297 cm³/mol. The minimum absolute atomic E-state index is 0. The molecule has 0 saturated carbocycles. The van der Waals surface area contributed by atoms with Crippen LogP contribution >= 0.6 is 22.7 Å². The minimum atomic E-state index is -1.84. The number of amides is 1. The summed E-state index contributed by atoms with van der Waals surface area (Å²) in [5.41, 5.74) is -4.05. The lowest BCUT2D eigenvalue weighted by molar-refractivity contribution is -0.146. The maximum atomic E-state index is 14.1. The number of aryl methyl sites for hydroxylation is 2. The number of benzene rings is 2. The third-order valence-electron chi connectivity index (χ3n) is 13.8. The van der Waals surface area contributed by atoms with Gasteiger partial charge in [0, 0.05) is 35.3 Å². The third kappa shape index (κ3) is 11.0. The molecule has 4 N–H and O–H groups in total. The molecule has 0 radical (unpaired) electrons. The highest BCUT2D eigenvalue weighted by molar-refractivity contribution is 7.21. The summed E-state index contributed by atoms with van der Waals surface area (Å²) < 4.78 is 15.1. The minimum Gasteiger partial charge on any atom is -0.496 e. The molecule has 0 bridgehead atoms. The quantitative estimate of drug-likeness (QED) is 0.113. The second-order valence-corrected chi connectivity index (χ2v) is 21.5. The van der Waals surface area contributed by atoms with Gasteiger partial charge in [-0.3, -0.25) is 23.5 Å². The summed E-state index contributed by atoms with van der Waals surface area (Å²) in [5, 5.41) is 53.4. The number of aliphatic carboxylic acids is 1. The predicted octanol–water partition coefficient (Wildman–Crippen LogP) is 4.90. The Hall–Kier alpha value is -7.58. The molecule has 10 rings (SSSR count). The van der Waals surface area contributed by atoms with Gasteiger partial charge in [-0.25, -0.2) is 23.5 Å². The number of aromatic nitrogens is 10. The smallest absolute Gasteiger partial charge is 0.333 e. The molecular weight excluding hydrogens is 1040 g/mol. The first-order valence-corrected chi connectivity index (χ1v) is 26.6. The number of hydrogen-bond donors (Lipinski definition) is 4. The molecule has 6 aromatic heterocycles. The summed E-state index contributed by atoms with van der Waals surface area (Å²) in [5.74, 6) is -0.717. The second kappa shape index (κ2) is 24.0. The van der Waals surface area contributed by atoms with Gasteiger partial charge in [0.1, 0.15) is 54.4 Å². The van der Waals surface area contributed by atoms with Gasteiger partial charge < -0.3 is 35.0 Å². The average molecular weight is 1110 g/mol. The number of hydrogen-bond acceptors (Lipinski definition) is 17. The van der Waals surface area contributed by atoms with Crippen LogP contribution < -0.4 is 37.3 Å². The Balaban J connectivity index is 0.000000206. The topological polar surface area (TPSA) is 278 Å². The molecule has 2 aromatic carbocycles. The molecule has 78 heavy (non-hydrogen) atoms. The Bertz CT molecular complexity index is 3670. The summed E-state index contributed by atoms with van der Waals surface area (Å²) in [7, 11) is 2.98. The van der Waals surface area contributed by atoms with Crippen LogP contribution in [0.4, 0.5) is 0 Å². The zero-order valence-corrected chi connectivity index (χ0v) is 45.6. The van der Waals surface area contributed by atoms with Crippen LogP contribution in [0.2, 0.25) is 0 Å². The number of methoxy groups -OCH3 is 2. The van der Waals surface area contributed by atoms with Crippen molar-refractivity contribution in [1.29, 1.82) is 0 Å². The van der Waals surface area contributed by atoms with E-state index in [1.165, 1.54) is 109 Å². The van der Waals surface area contributed by atoms with E-state index in [-0.39, 0.29) is 42.0 Å². The second-order valence-electron chi connectivity index (χ2n) is 19.5. The molecule has 1 amide bonds. The molecule has 23 nitrogen and oxygen atoms in total. The first-order valence-electron chi connectivity index (χ1n) is 24.9. The molecule has 8 aromatic rings. The fourth-order valence-electron chi connectivity index (χ4n) is 9.55. The monoisotopic (exact) mass is 1110 g/mol. The SMILES string of the molecule is C.C1CCNC1.COc1ccccc1[C@@H](O)Cn1c(=O)n(C(C)(C)C(=O)N2CCCC2)c(=O)c2c(C)c(-n3nccn3)sc21.COc1ccccc1[C@@H](O)Cn1c(=O)n(C(C)(C)C(=O)O)c(=O)c2c(C)c(-n3nccn3)sc21. The Morgan fingerprint density at radius 2 is 1.03 bits per heavy atom. The van der Waals surface area contributed by atoms with Crippen LogP contribution in [0.1, 0.15) is 95.3 Å². The number of aliphatic hydroxyl groups excluding tert-OH is 2. The van der Waals surface area contributed by atoms with E-state index in [9.17, 15) is 44.1 Å². The van der Waals surface area contributed by atoms with Crippen molar-refractivity contribution >= 4 is 55.0 Å². The van der Waals surface area contributed by atoms with Crippen molar-refractivity contribution in [1.82, 2.24) is 58.5 Å². The summed E-state index contributed by atoms with van der Waals surface area (Å²) in [6, 6.07) is 13.8. The van der Waals surface area contributed by atoms with Crippen LogP contribution in [0.5, 0.6) is 11.5 Å². The zero-order valence-electron chi connectivity index (χ0n) is 44.0. The van der Waals surface area contributed by atoms with Crippen LogP contribution in [0.3, 0.4) is 0 Å². The van der Waals surface area contributed by atoms with E-state index in [1.807, 2.05) is 0 Å². The maximum Gasteiger partial charge on any atom is 0.333 e. The number of carboxylic acids is 1. The van der Waals surface area contributed by atoms with E-state index >= 15 is 0 Å². The van der Waals surface area contributed by atoms with Gasteiger partial charge in [-0.05, 0) is 92.4 Å². The number of likely N-dealkylation sites (tertiary alicyclic amines) is 1. The maximum absolute atomic E-state index is 14.1. The highest BCUT2D eigenvalue weighted by Crippen LogP contribution is 2.35. The van der Waals surface area contributed by atoms with E-state index < -0.39 is 51.8 Å². The van der Waals surface area contributed by atoms with E-state index in [1.54, 1.807) is 81.1 Å². The van der Waals surface area contributed by atoms with Crippen molar-refractivity contribution in [2.24, 2.45) is 0 Å². The van der Waals surface area contributed by atoms with Crippen LogP contribution in [-0.2, 0) is 33.8 Å². The number of carbonyl (C=O) groups is 2. The average Bonchev–Trinajstić information content (AvgIpc) is 4.25. The summed E-state index contributed by atoms with van der Waals surface area (Å²) in [6.45, 7) is 12.5. The fourth-order valence-corrected chi connectivity index (χ4v) is 12.0. The number of thiophene rings is 2. The first-order chi connectivity index (χ1) is 36.8. The summed E-state index contributed by atoms with van der Waals surface area (Å²) in [4.78, 5) is 85.7. The van der Waals surface area contributed by atoms with Crippen molar-refractivity contribution < 1.29 is 34.4 Å². The lowest BCUT2D eigenvalue weighted by atomic mass is 10.0. The van der Waals surface area contributed by atoms with Gasteiger partial charge in [0.15, 0.2) is 0 Å². The van der Waals surface area contributed by atoms with Crippen molar-refractivity contribution in [3.63, 3.8) is 0 Å². The van der Waals surface area contributed by atoms with Gasteiger partial charge in [-0.1, -0.05) is 66.5 Å². The van der Waals surface area contributed by atoms with Gasteiger partial charge in [-0.15, -0.1) is 9.59 Å². The van der Waals surface area contributed by atoms with Gasteiger partial charge in [0.05, 0.1) is 62.9 Å². The van der Waals surface area contributed by atoms with Gasteiger partial charge in [0.2, 0.25) is 5.91 Å². The van der Waals surface area contributed by atoms with E-state index in [0.29, 0.717) is 66.2 Å². The molecule has 0 unspecified atom stereocenters. The van der Waals surface area contributed by atoms with Gasteiger partial charge in [0.25, 0.3) is 11.1 Å². The molecule has 416 valence electrons. The standard InChI is InChI=1S/C26H30N6O5S.C22H23N5O6S.C4H9N.CH4/c1-16-20-21(34)31(26(2,3)24(35)29-13-7-8-14-29)25(36)30(23(20)38-22(16)32-27-11-12-28-32)15-18(33)17-9-5-6-10-19(17)37-4;1-12-16-17(29)26(22(2,3)20(30)31)21(32)25(19(16)34-18(12)27-23-9-10-24-27)11-14(28)13-7-5-6-8-15(13)33-4;1-2-4-5-3-1;/h5-6,9-12,18,33H,7-8,13-15H2,1-4H3;5-10,14,28H,11H2,1-4H3,(H,30,31);5H,1-4H2;1H4/t18-;14-;;/m00../s1. The van der Waals surface area contributed by atoms with Crippen molar-refractivity contribution in [2.75, 3.05) is 40.4 Å². The Kier molecular flexibility index (Phi) is 17.9. The molecule has 2 aliphatic heterocycles. The fraction of sp³-hybridized carbons (Fsp3) is 0.434. The number of rotatable bonds is 14. The van der Waals surface area contributed by atoms with E-state index in [2.05, 4.69) is 25.7 Å². The molecular formula is C53H66N12O11S2. The van der Waals surface area contributed by atoms with Crippen LogP contribution in [0.25, 0.3) is 30.4 Å². The molecule has 2 atom stereocenters. The molecule has 25 heteroatoms. The number of carbonyl (C=O) groups excluding carboxylic acids is 1. The van der Waals surface area contributed by atoms with Crippen molar-refractivity contribution in [3.05, 3.63) is 137 Å². The van der Waals surface area contributed by atoms with Crippen molar-refractivity contribution in [3.8, 4) is 21.5 Å². The van der Waals surface area contributed by atoms with E-state index in [0.717, 1.165) is 28.7 Å². The highest BCUT2D eigenvalue weighted by atomic mass is 32.1. The highest BCUT2D eigenvalue weighted by Gasteiger charge is 2.40. The van der Waals surface area contributed by atoms with Crippen LogP contribution in [-0.4, -0.2) is 121 Å². The number of aliphatic hydroxyl groups is 2. The number of para-hydroxylation sites is 2. The number of carboxylic acid groups (broad SMARTS) is 1. The summed E-state index contributed by atoms with van der Waals surface area (Å²) in [6.07, 6.45) is 8.26. The molecule has 2 fully saturated rings. The lowest BCUT2D eigenvalue weighted by Gasteiger charge is -2.31. The van der Waals surface area contributed by atoms with Gasteiger partial charge in [-0.2, -0.15) is 20.4 Å². The van der Waals surface area contributed by atoms with Crippen molar-refractivity contribution in [2.45, 2.75) is 111 Å². The molecule has 0 aliphatic carbocycles. The van der Waals surface area contributed by atoms with E-state index in [4.69, 9.17) is 9.47 Å². The number of nitrogens with zero attached hydrogens (tertiary/aromatic N) is 11. The Morgan fingerprint density at radius 1 is 0.641 bits per heavy atom. The van der Waals surface area contributed by atoms with Crippen LogP contribution in [0.15, 0.2) is 92.5 Å². The molecule has 2 saturated heterocycles. The van der Waals surface area contributed by atoms with Crippen LogP contribution in [0, 0.1) is 13.8 Å². The Labute approximate surface area is 456 Å². The van der Waals surface area contributed by atoms with Gasteiger partial charge >= 0.3 is 17.3 Å². The largest absolute Gasteiger partial charge is 0.496 e. The zero-order chi connectivity index (χ0) is 55.5. The first kappa shape index (κ1) is 58.1. The number of nitrogens with one attached hydrogen (secondary N) is 1.